The summed E-state index contributed by atoms with van der Waals surface area (Å²) >= 11 is 0. The molecule has 0 aromatic carbocycles. The summed E-state index contributed by atoms with van der Waals surface area (Å²) < 4.78 is 16.5. The molecule has 7 heteroatoms. The van der Waals surface area contributed by atoms with Crippen LogP contribution in [0.5, 0.6) is 0 Å². The molecular formula is C8H20N2O3Si2. The van der Waals surface area contributed by atoms with Crippen molar-refractivity contribution in [2.24, 2.45) is 0 Å². The van der Waals surface area contributed by atoms with Gasteiger partial charge in [0.25, 0.3) is 0 Å². The summed E-state index contributed by atoms with van der Waals surface area (Å²) in [4.78, 5) is 0. The van der Waals surface area contributed by atoms with E-state index in [2.05, 4.69) is 10.6 Å². The standard InChI is InChI=1S/C8H20N2O3Si2/c1-11-14-7-9-5-3-4-6-10-8-15(12-2)13-14/h9-10H,3-8H2,1-2H3. The second kappa shape index (κ2) is 8.39. The lowest BCUT2D eigenvalue weighted by Crippen LogP contribution is -2.44. The molecule has 15 heavy (non-hydrogen) atoms. The third-order valence-corrected chi connectivity index (χ3v) is 5.99. The van der Waals surface area contributed by atoms with Crippen LogP contribution in [0, 0.1) is 0 Å². The SMILES string of the molecule is CO[Si]1CNCCCCNC[Si](OC)O1. The summed E-state index contributed by atoms with van der Waals surface area (Å²) in [5.41, 5.74) is 0. The predicted octanol–water partition coefficient (Wildman–Crippen LogP) is -0.676. The molecule has 1 aliphatic rings. The van der Waals surface area contributed by atoms with Gasteiger partial charge in [-0.25, -0.2) is 0 Å². The molecule has 0 aliphatic carbocycles. The molecule has 2 N–H and O–H groups in total. The van der Waals surface area contributed by atoms with E-state index in [9.17, 15) is 0 Å². The van der Waals surface area contributed by atoms with Crippen LogP contribution >= 0.6 is 0 Å². The Labute approximate surface area is 95.2 Å². The fourth-order valence-corrected chi connectivity index (χ4v) is 4.62. The Morgan fingerprint density at radius 2 is 1.40 bits per heavy atom. The Kier molecular flexibility index (Phi) is 7.44. The molecule has 88 valence electrons. The van der Waals surface area contributed by atoms with Crippen LogP contribution in [-0.2, 0) is 13.0 Å². The Hall–Kier alpha value is 0.234. The van der Waals surface area contributed by atoms with Gasteiger partial charge in [-0.15, -0.1) is 0 Å². The van der Waals surface area contributed by atoms with Gasteiger partial charge in [-0.3, -0.25) is 0 Å². The number of hydrogen-bond donors (Lipinski definition) is 2. The van der Waals surface area contributed by atoms with E-state index in [0.717, 1.165) is 25.4 Å². The van der Waals surface area contributed by atoms with Crippen LogP contribution < -0.4 is 10.6 Å². The molecule has 1 saturated heterocycles. The lowest BCUT2D eigenvalue weighted by molar-refractivity contribution is 0.275. The minimum atomic E-state index is -1.19. The molecule has 1 heterocycles. The molecule has 1 aliphatic heterocycles. The van der Waals surface area contributed by atoms with Gasteiger partial charge in [-0.1, -0.05) is 0 Å². The average molecular weight is 248 g/mol. The molecular weight excluding hydrogens is 228 g/mol. The van der Waals surface area contributed by atoms with Crippen LogP contribution in [0.4, 0.5) is 0 Å². The maximum absolute atomic E-state index is 5.82. The second-order valence-corrected chi connectivity index (χ2v) is 7.14. The van der Waals surface area contributed by atoms with Gasteiger partial charge in [0, 0.05) is 26.6 Å². The van der Waals surface area contributed by atoms with E-state index in [4.69, 9.17) is 13.0 Å². The van der Waals surface area contributed by atoms with E-state index in [0.29, 0.717) is 0 Å². The Morgan fingerprint density at radius 3 is 1.80 bits per heavy atom. The van der Waals surface area contributed by atoms with Crippen molar-refractivity contribution >= 4 is 18.6 Å². The second-order valence-electron chi connectivity index (χ2n) is 3.31. The van der Waals surface area contributed by atoms with Crippen LogP contribution in [0.2, 0.25) is 0 Å². The lowest BCUT2D eigenvalue weighted by atomic mass is 10.3. The summed E-state index contributed by atoms with van der Waals surface area (Å²) in [6.45, 7) is 2.08. The molecule has 0 bridgehead atoms. The van der Waals surface area contributed by atoms with Crippen molar-refractivity contribution < 1.29 is 13.0 Å². The van der Waals surface area contributed by atoms with Crippen LogP contribution in [-0.4, -0.2) is 58.2 Å². The minimum absolute atomic E-state index is 0.832. The van der Waals surface area contributed by atoms with Gasteiger partial charge in [0.15, 0.2) is 0 Å². The van der Waals surface area contributed by atoms with E-state index in [-0.39, 0.29) is 0 Å². The summed E-state index contributed by atoms with van der Waals surface area (Å²) in [5, 5.41) is 6.71. The molecule has 1 rings (SSSR count). The highest BCUT2D eigenvalue weighted by molar-refractivity contribution is 6.59. The Balaban J connectivity index is 2.38. The molecule has 0 aromatic heterocycles. The van der Waals surface area contributed by atoms with Crippen molar-refractivity contribution in [2.75, 3.05) is 39.6 Å². The van der Waals surface area contributed by atoms with E-state index in [1.54, 1.807) is 14.2 Å². The summed E-state index contributed by atoms with van der Waals surface area (Å²) in [6, 6.07) is 0. The van der Waals surface area contributed by atoms with Crippen molar-refractivity contribution in [1.29, 1.82) is 0 Å². The summed E-state index contributed by atoms with van der Waals surface area (Å²) in [7, 11) is 1.03. The van der Waals surface area contributed by atoms with Crippen LogP contribution in [0.25, 0.3) is 0 Å². The highest BCUT2D eigenvalue weighted by Gasteiger charge is 2.23. The van der Waals surface area contributed by atoms with Crippen LogP contribution in [0.1, 0.15) is 12.8 Å². The molecule has 1 fully saturated rings. The van der Waals surface area contributed by atoms with Crippen molar-refractivity contribution in [3.05, 3.63) is 0 Å². The zero-order valence-corrected chi connectivity index (χ0v) is 11.5. The third kappa shape index (κ3) is 5.76. The van der Waals surface area contributed by atoms with E-state index < -0.39 is 18.6 Å². The molecule has 0 amide bonds. The van der Waals surface area contributed by atoms with E-state index in [1.807, 2.05) is 0 Å². The first kappa shape index (κ1) is 13.3. The first-order valence-electron chi connectivity index (χ1n) is 5.25. The summed E-state index contributed by atoms with van der Waals surface area (Å²) in [5.74, 6) is 0. The third-order valence-electron chi connectivity index (χ3n) is 2.18. The lowest BCUT2D eigenvalue weighted by Gasteiger charge is -2.18. The molecule has 0 atom stereocenters. The molecule has 0 spiro atoms. The van der Waals surface area contributed by atoms with E-state index in [1.165, 1.54) is 12.8 Å². The molecule has 0 saturated carbocycles. The first-order chi connectivity index (χ1) is 7.36. The van der Waals surface area contributed by atoms with E-state index >= 15 is 0 Å². The summed E-state index contributed by atoms with van der Waals surface area (Å²) in [6.07, 6.45) is 4.05. The largest absolute Gasteiger partial charge is 0.411 e. The zero-order valence-electron chi connectivity index (χ0n) is 9.47. The van der Waals surface area contributed by atoms with Gasteiger partial charge in [0.2, 0.25) is 0 Å². The molecule has 0 unspecified atom stereocenters. The minimum Gasteiger partial charge on any atom is -0.411 e. The van der Waals surface area contributed by atoms with Crippen molar-refractivity contribution in [2.45, 2.75) is 12.8 Å². The van der Waals surface area contributed by atoms with Crippen LogP contribution in [0.3, 0.4) is 0 Å². The number of hydrogen-bond acceptors (Lipinski definition) is 5. The smallest absolute Gasteiger partial charge is 0.390 e. The van der Waals surface area contributed by atoms with Gasteiger partial charge in [-0.2, -0.15) is 0 Å². The van der Waals surface area contributed by atoms with Gasteiger partial charge in [-0.05, 0) is 25.9 Å². The highest BCUT2D eigenvalue weighted by Crippen LogP contribution is 1.95. The van der Waals surface area contributed by atoms with Crippen molar-refractivity contribution in [3.8, 4) is 0 Å². The number of rotatable bonds is 2. The molecule has 2 radical (unpaired) electrons. The molecule has 5 nitrogen and oxygen atoms in total. The Bertz CT molecular complexity index is 149. The van der Waals surface area contributed by atoms with Crippen LogP contribution in [0.15, 0.2) is 0 Å². The number of nitrogens with one attached hydrogen (secondary N) is 2. The average Bonchev–Trinajstić information content (AvgIpc) is 2.32. The fourth-order valence-electron chi connectivity index (χ4n) is 1.31. The maximum Gasteiger partial charge on any atom is 0.390 e. The van der Waals surface area contributed by atoms with Gasteiger partial charge in [0.1, 0.15) is 0 Å². The topological polar surface area (TPSA) is 51.8 Å². The zero-order chi connectivity index (χ0) is 10.9. The Morgan fingerprint density at radius 1 is 0.933 bits per heavy atom. The normalized spacial score (nSPS) is 23.6. The van der Waals surface area contributed by atoms with Crippen molar-refractivity contribution in [1.82, 2.24) is 10.6 Å². The van der Waals surface area contributed by atoms with Gasteiger partial charge >= 0.3 is 18.6 Å². The van der Waals surface area contributed by atoms with Crippen molar-refractivity contribution in [3.63, 3.8) is 0 Å². The van der Waals surface area contributed by atoms with Gasteiger partial charge < -0.3 is 23.6 Å². The maximum atomic E-state index is 5.82. The van der Waals surface area contributed by atoms with Gasteiger partial charge in [0.05, 0.1) is 0 Å². The highest BCUT2D eigenvalue weighted by atomic mass is 28.4. The fraction of sp³-hybridized carbons (Fsp3) is 1.00. The first-order valence-corrected chi connectivity index (χ1v) is 8.30. The quantitative estimate of drug-likeness (QED) is 0.635. The monoisotopic (exact) mass is 248 g/mol. The molecule has 0 aromatic rings. The predicted molar refractivity (Wildman–Crippen MR) is 61.6 cm³/mol.